The number of carbonyl (C=O) groups is 3. The van der Waals surface area contributed by atoms with Crippen molar-refractivity contribution in [3.8, 4) is 0 Å². The molecule has 1 N–H and O–H groups in total. The van der Waals surface area contributed by atoms with Gasteiger partial charge < -0.3 is 24.7 Å². The van der Waals surface area contributed by atoms with Gasteiger partial charge in [0.15, 0.2) is 0 Å². The summed E-state index contributed by atoms with van der Waals surface area (Å²) in [6, 6.07) is 6.44. The molecule has 2 atom stereocenters. The van der Waals surface area contributed by atoms with Crippen LogP contribution in [0.25, 0.3) is 0 Å². The molecule has 9 heteroatoms. The van der Waals surface area contributed by atoms with Gasteiger partial charge in [-0.25, -0.2) is 4.79 Å². The third kappa shape index (κ3) is 9.39. The normalized spacial score (nSPS) is 16.0. The van der Waals surface area contributed by atoms with Gasteiger partial charge in [0.1, 0.15) is 0 Å². The molecule has 1 aliphatic carbocycles. The Morgan fingerprint density at radius 1 is 1.10 bits per heavy atom. The van der Waals surface area contributed by atoms with Crippen LogP contribution in [-0.4, -0.2) is 30.9 Å². The Labute approximate surface area is 210 Å². The van der Waals surface area contributed by atoms with Crippen molar-refractivity contribution in [2.45, 2.75) is 64.6 Å². The smallest absolute Gasteiger partial charge is 0.549 e. The molecule has 1 amide bonds. The van der Waals surface area contributed by atoms with Crippen molar-refractivity contribution in [1.82, 2.24) is 5.32 Å². The first-order valence-corrected chi connectivity index (χ1v) is 10.8. The van der Waals surface area contributed by atoms with Crippen LogP contribution >= 0.6 is 11.6 Å². The van der Waals surface area contributed by atoms with Crippen molar-refractivity contribution < 1.29 is 58.5 Å². The van der Waals surface area contributed by atoms with Gasteiger partial charge in [0.05, 0.1) is 5.92 Å². The van der Waals surface area contributed by atoms with E-state index in [1.54, 1.807) is 38.1 Å². The van der Waals surface area contributed by atoms with Gasteiger partial charge in [0.25, 0.3) is 6.29 Å². The first-order chi connectivity index (χ1) is 14.3. The Morgan fingerprint density at radius 3 is 2.26 bits per heavy atom. The van der Waals surface area contributed by atoms with Gasteiger partial charge in [-0.3, -0.25) is 4.79 Å². The molecule has 1 saturated carbocycles. The van der Waals surface area contributed by atoms with E-state index in [0.717, 1.165) is 32.1 Å². The zero-order valence-corrected chi connectivity index (χ0v) is 21.2. The number of halogens is 1. The molecule has 166 valence electrons. The number of hydrogen-bond donors (Lipinski definition) is 1. The van der Waals surface area contributed by atoms with Crippen LogP contribution in [0.4, 0.5) is 4.79 Å². The minimum Gasteiger partial charge on any atom is -0.549 e. The van der Waals surface area contributed by atoms with Crippen LogP contribution in [0.1, 0.15) is 63.9 Å². The zero-order chi connectivity index (χ0) is 22.1. The molecule has 0 saturated heterocycles. The fraction of sp³-hybridized carbons (Fsp3) is 0.591. The van der Waals surface area contributed by atoms with Gasteiger partial charge in [-0.1, -0.05) is 56.8 Å². The van der Waals surface area contributed by atoms with E-state index in [1.807, 2.05) is 0 Å². The van der Waals surface area contributed by atoms with E-state index in [1.165, 1.54) is 0 Å². The second-order valence-electron chi connectivity index (χ2n) is 7.90. The molecule has 1 aromatic carbocycles. The standard InChI is InChI=1S/C22H30ClNO6.Na/c1-14(2)20(27)29-21(16-6-4-3-5-7-16)30-22(28)24-13-12-18(19(25)26)15-8-10-17(23)11-9-15;/h8-11,14,16,18,21H,3-7,12-13H2,1-2H3,(H,24,28)(H,25,26);/q;+1/p-1. The monoisotopic (exact) mass is 461 g/mol. The Kier molecular flexibility index (Phi) is 12.5. The van der Waals surface area contributed by atoms with Gasteiger partial charge in [-0.15, -0.1) is 0 Å². The summed E-state index contributed by atoms with van der Waals surface area (Å²) in [5.41, 5.74) is 0.542. The third-order valence-electron chi connectivity index (χ3n) is 5.22. The number of alkyl carbamates (subject to hydrolysis) is 1. The molecule has 0 bridgehead atoms. The number of amides is 1. The molecule has 31 heavy (non-hydrogen) atoms. The van der Waals surface area contributed by atoms with Gasteiger partial charge in [-0.2, -0.15) is 0 Å². The summed E-state index contributed by atoms with van der Waals surface area (Å²) in [5, 5.41) is 14.5. The number of aliphatic carboxylic acids is 1. The maximum atomic E-state index is 12.3. The topological polar surface area (TPSA) is 105 Å². The van der Waals surface area contributed by atoms with Gasteiger partial charge in [0, 0.05) is 29.4 Å². The Bertz CT molecular complexity index is 721. The van der Waals surface area contributed by atoms with Gasteiger partial charge >= 0.3 is 41.6 Å². The number of carboxylic acids is 1. The molecule has 0 aliphatic heterocycles. The summed E-state index contributed by atoms with van der Waals surface area (Å²) in [4.78, 5) is 35.8. The molecule has 0 aromatic heterocycles. The minimum atomic E-state index is -1.24. The Hall–Kier alpha value is -1.28. The molecule has 2 rings (SSSR count). The number of ether oxygens (including phenoxy) is 2. The van der Waals surface area contributed by atoms with Crippen molar-refractivity contribution in [2.75, 3.05) is 6.54 Å². The van der Waals surface area contributed by atoms with E-state index in [2.05, 4.69) is 5.32 Å². The molecule has 1 fully saturated rings. The number of rotatable bonds is 9. The first kappa shape index (κ1) is 27.8. The molecular weight excluding hydrogens is 433 g/mol. The average Bonchev–Trinajstić information content (AvgIpc) is 2.72. The maximum absolute atomic E-state index is 12.3. The van der Waals surface area contributed by atoms with E-state index in [-0.39, 0.29) is 54.4 Å². The molecule has 2 unspecified atom stereocenters. The van der Waals surface area contributed by atoms with Crippen molar-refractivity contribution in [3.63, 3.8) is 0 Å². The predicted octanol–water partition coefficient (Wildman–Crippen LogP) is 0.399. The summed E-state index contributed by atoms with van der Waals surface area (Å²) in [6.45, 7) is 3.50. The van der Waals surface area contributed by atoms with E-state index in [4.69, 9.17) is 21.1 Å². The molecular formula is C22H29ClNNaO6. The first-order valence-electron chi connectivity index (χ1n) is 10.4. The fourth-order valence-corrected chi connectivity index (χ4v) is 3.58. The number of carboxylic acid groups (broad SMARTS) is 1. The number of esters is 1. The van der Waals surface area contributed by atoms with Crippen molar-refractivity contribution in [3.05, 3.63) is 34.9 Å². The number of nitrogens with one attached hydrogen (secondary N) is 1. The summed E-state index contributed by atoms with van der Waals surface area (Å²) in [5.74, 6) is -2.91. The third-order valence-corrected chi connectivity index (χ3v) is 5.47. The van der Waals surface area contributed by atoms with Crippen LogP contribution < -0.4 is 40.0 Å². The minimum absolute atomic E-state index is 0. The van der Waals surface area contributed by atoms with Crippen LogP contribution in [0.3, 0.4) is 0 Å². The second-order valence-corrected chi connectivity index (χ2v) is 8.34. The Morgan fingerprint density at radius 2 is 1.71 bits per heavy atom. The summed E-state index contributed by atoms with van der Waals surface area (Å²) in [7, 11) is 0. The predicted molar refractivity (Wildman–Crippen MR) is 110 cm³/mol. The SMILES string of the molecule is CC(C)C(=O)OC(OC(=O)NCCC(C(=O)[O-])c1ccc(Cl)cc1)C1CCCCC1.[Na+]. The summed E-state index contributed by atoms with van der Waals surface area (Å²) < 4.78 is 10.8. The number of hydrogen-bond acceptors (Lipinski definition) is 6. The maximum Gasteiger partial charge on any atom is 1.00 e. The van der Waals surface area contributed by atoms with Crippen molar-refractivity contribution >= 4 is 29.6 Å². The molecule has 1 aliphatic rings. The van der Waals surface area contributed by atoms with Crippen LogP contribution in [0.15, 0.2) is 24.3 Å². The number of benzene rings is 1. The molecule has 0 spiro atoms. The van der Waals surface area contributed by atoms with Crippen LogP contribution in [0.2, 0.25) is 5.02 Å². The molecule has 1 aromatic rings. The van der Waals surface area contributed by atoms with Crippen LogP contribution in [0.5, 0.6) is 0 Å². The summed E-state index contributed by atoms with van der Waals surface area (Å²) in [6.07, 6.45) is 3.21. The molecule has 0 heterocycles. The van der Waals surface area contributed by atoms with Gasteiger partial charge in [-0.05, 0) is 37.0 Å². The quantitative estimate of drug-likeness (QED) is 0.324. The van der Waals surface area contributed by atoms with Crippen molar-refractivity contribution in [2.24, 2.45) is 11.8 Å². The van der Waals surface area contributed by atoms with E-state index in [9.17, 15) is 19.5 Å². The molecule has 0 radical (unpaired) electrons. The van der Waals surface area contributed by atoms with Gasteiger partial charge in [0.2, 0.25) is 0 Å². The van der Waals surface area contributed by atoms with E-state index < -0.39 is 30.2 Å². The Balaban J connectivity index is 0.00000480. The van der Waals surface area contributed by atoms with Crippen molar-refractivity contribution in [1.29, 1.82) is 0 Å². The molecule has 7 nitrogen and oxygen atoms in total. The van der Waals surface area contributed by atoms with E-state index in [0.29, 0.717) is 10.6 Å². The largest absolute Gasteiger partial charge is 1.00 e. The average molecular weight is 462 g/mol. The second kappa shape index (κ2) is 14.0. The number of carbonyl (C=O) groups excluding carboxylic acids is 3. The van der Waals surface area contributed by atoms with E-state index >= 15 is 0 Å². The van der Waals surface area contributed by atoms with Crippen LogP contribution in [0, 0.1) is 11.8 Å². The summed E-state index contributed by atoms with van der Waals surface area (Å²) >= 11 is 5.84. The zero-order valence-electron chi connectivity index (χ0n) is 18.4. The fourth-order valence-electron chi connectivity index (χ4n) is 3.45. The van der Waals surface area contributed by atoms with Crippen LogP contribution in [-0.2, 0) is 19.1 Å².